The molecule has 70 heavy (non-hydrogen) atoms. The van der Waals surface area contributed by atoms with Gasteiger partial charge in [0.2, 0.25) is 0 Å². The van der Waals surface area contributed by atoms with E-state index in [-0.39, 0.29) is 10.8 Å². The van der Waals surface area contributed by atoms with E-state index < -0.39 is 0 Å². The van der Waals surface area contributed by atoms with Crippen LogP contribution in [0.4, 0.5) is 34.1 Å². The average molecular weight is 913 g/mol. The van der Waals surface area contributed by atoms with E-state index in [1.807, 2.05) is 0 Å². The van der Waals surface area contributed by atoms with Crippen LogP contribution in [0.1, 0.15) is 151 Å². The Kier molecular flexibility index (Phi) is 11.0. The van der Waals surface area contributed by atoms with E-state index in [0.717, 1.165) is 0 Å². The summed E-state index contributed by atoms with van der Waals surface area (Å²) in [6.45, 7) is 27.8. The highest BCUT2D eigenvalue weighted by molar-refractivity contribution is 6.00. The van der Waals surface area contributed by atoms with Crippen LogP contribution in [0.3, 0.4) is 0 Å². The molecule has 0 bridgehead atoms. The van der Waals surface area contributed by atoms with E-state index in [2.05, 4.69) is 263 Å². The lowest BCUT2D eigenvalue weighted by Gasteiger charge is -2.27. The van der Waals surface area contributed by atoms with Crippen LogP contribution in [0, 0.1) is 0 Å². The van der Waals surface area contributed by atoms with E-state index >= 15 is 0 Å². The Hall–Kier alpha value is -6.90. The first-order valence-electron chi connectivity index (χ1n) is 25.8. The predicted molar refractivity (Wildman–Crippen MR) is 302 cm³/mol. The van der Waals surface area contributed by atoms with Gasteiger partial charge in [0.15, 0.2) is 0 Å². The molecule has 9 aromatic rings. The van der Waals surface area contributed by atoms with Crippen LogP contribution in [0.2, 0.25) is 0 Å². The van der Waals surface area contributed by atoms with Crippen molar-refractivity contribution in [3.8, 4) is 22.3 Å². The van der Waals surface area contributed by atoms with Crippen molar-refractivity contribution >= 4 is 55.7 Å². The summed E-state index contributed by atoms with van der Waals surface area (Å²) < 4.78 is 0. The van der Waals surface area contributed by atoms with Gasteiger partial charge in [0.25, 0.3) is 0 Å². The first-order chi connectivity index (χ1) is 33.5. The maximum Gasteiger partial charge on any atom is 0.0468 e. The van der Waals surface area contributed by atoms with Crippen molar-refractivity contribution in [1.82, 2.24) is 0 Å². The molecule has 0 radical (unpaired) electrons. The summed E-state index contributed by atoms with van der Waals surface area (Å²) in [5, 5.41) is 5.06. The Balaban J connectivity index is 0.984. The molecule has 0 saturated carbocycles. The summed E-state index contributed by atoms with van der Waals surface area (Å²) in [5.41, 5.74) is 23.2. The second kappa shape index (κ2) is 16.9. The van der Waals surface area contributed by atoms with Gasteiger partial charge in [-0.05, 0) is 215 Å². The third-order valence-electron chi connectivity index (χ3n) is 16.1. The topological polar surface area (TPSA) is 6.48 Å². The molecule has 11 rings (SSSR count). The molecule has 0 amide bonds. The molecule has 2 nitrogen and oxygen atoms in total. The fourth-order valence-corrected chi connectivity index (χ4v) is 11.6. The molecular formula is C68H68N2. The minimum absolute atomic E-state index is 0.169. The largest absolute Gasteiger partial charge is 0.310 e. The second-order valence-electron chi connectivity index (χ2n) is 22.7. The lowest BCUT2D eigenvalue weighted by Crippen LogP contribution is -2.18. The third kappa shape index (κ3) is 7.54. The summed E-state index contributed by atoms with van der Waals surface area (Å²) in [5.74, 6) is 1.92. The first-order valence-corrected chi connectivity index (χ1v) is 25.8. The molecular weight excluding hydrogens is 845 g/mol. The van der Waals surface area contributed by atoms with Gasteiger partial charge in [0, 0.05) is 45.0 Å². The van der Waals surface area contributed by atoms with Crippen molar-refractivity contribution in [2.75, 3.05) is 9.80 Å². The van der Waals surface area contributed by atoms with E-state index in [0.29, 0.717) is 23.7 Å². The Morgan fingerprint density at radius 1 is 0.257 bits per heavy atom. The average Bonchev–Trinajstić information content (AvgIpc) is 3.70. The van der Waals surface area contributed by atoms with Crippen LogP contribution < -0.4 is 9.80 Å². The van der Waals surface area contributed by atoms with Crippen LogP contribution in [-0.2, 0) is 10.8 Å². The van der Waals surface area contributed by atoms with Gasteiger partial charge in [-0.25, -0.2) is 0 Å². The molecule has 0 aliphatic heterocycles. The molecule has 0 spiro atoms. The summed E-state index contributed by atoms with van der Waals surface area (Å²) in [6.07, 6.45) is 0. The van der Waals surface area contributed by atoms with Crippen molar-refractivity contribution in [3.05, 3.63) is 214 Å². The molecule has 9 aromatic carbocycles. The molecule has 0 unspecified atom stereocenters. The minimum Gasteiger partial charge on any atom is -0.310 e. The standard InChI is InChI=1S/C68H68N2/c1-41(2)45-13-23-53(24-14-45)69(54-25-15-46(16-26-54)42(3)4)57-31-21-49-35-59-61-39-62-60-36-50-22-32-58(70(55-27-17-47(18-28-55)43(5)6)56-29-19-48(20-30-56)44(7)8)34-52(50)38-64(60)68(11,12)66(62)40-65(61)67(9,10)63(59)37-51(49)33-57/h13-44H,1-12H3. The lowest BCUT2D eigenvalue weighted by molar-refractivity contribution is 0.640. The Morgan fingerprint density at radius 3 is 0.800 bits per heavy atom. The minimum atomic E-state index is -0.169. The first kappa shape index (κ1) is 45.5. The molecule has 2 aliphatic rings. The fourth-order valence-electron chi connectivity index (χ4n) is 11.6. The van der Waals surface area contributed by atoms with E-state index in [9.17, 15) is 0 Å². The highest BCUT2D eigenvalue weighted by atomic mass is 15.1. The molecule has 2 aliphatic carbocycles. The van der Waals surface area contributed by atoms with Gasteiger partial charge in [-0.3, -0.25) is 0 Å². The van der Waals surface area contributed by atoms with Crippen LogP contribution in [0.25, 0.3) is 43.8 Å². The van der Waals surface area contributed by atoms with Crippen molar-refractivity contribution in [2.24, 2.45) is 0 Å². The normalized spacial score (nSPS) is 14.2. The molecule has 0 heterocycles. The number of anilines is 6. The van der Waals surface area contributed by atoms with Gasteiger partial charge in [-0.15, -0.1) is 0 Å². The maximum absolute atomic E-state index is 2.57. The van der Waals surface area contributed by atoms with Gasteiger partial charge < -0.3 is 9.80 Å². The van der Waals surface area contributed by atoms with E-state index in [1.165, 1.54) is 122 Å². The van der Waals surface area contributed by atoms with E-state index in [4.69, 9.17) is 0 Å². The molecule has 0 atom stereocenters. The van der Waals surface area contributed by atoms with Gasteiger partial charge in [-0.1, -0.05) is 150 Å². The zero-order chi connectivity index (χ0) is 49.0. The Labute approximate surface area is 417 Å². The zero-order valence-corrected chi connectivity index (χ0v) is 43.4. The van der Waals surface area contributed by atoms with Crippen molar-refractivity contribution in [2.45, 2.75) is 118 Å². The highest BCUT2D eigenvalue weighted by Crippen LogP contribution is 2.57. The summed E-state index contributed by atoms with van der Waals surface area (Å²) in [6, 6.07) is 65.7. The van der Waals surface area contributed by atoms with Crippen LogP contribution in [-0.4, -0.2) is 0 Å². The summed E-state index contributed by atoms with van der Waals surface area (Å²) >= 11 is 0. The third-order valence-corrected chi connectivity index (χ3v) is 16.1. The fraction of sp³-hybridized carbons (Fsp3) is 0.265. The van der Waals surface area contributed by atoms with Crippen molar-refractivity contribution in [1.29, 1.82) is 0 Å². The van der Waals surface area contributed by atoms with Gasteiger partial charge >= 0.3 is 0 Å². The SMILES string of the molecule is CC(C)c1ccc(N(c2ccc(C(C)C)cc2)c2ccc3cc4c(cc3c2)C(C)(C)c2cc3c(cc2-4)-c2cc4ccc(N(c5ccc(C(C)C)cc5)c5ccc(C(C)C)cc5)cc4cc2C3(C)C)cc1. The number of hydrogen-bond acceptors (Lipinski definition) is 2. The second-order valence-corrected chi connectivity index (χ2v) is 22.7. The molecule has 0 saturated heterocycles. The summed E-state index contributed by atoms with van der Waals surface area (Å²) in [7, 11) is 0. The molecule has 0 aromatic heterocycles. The van der Waals surface area contributed by atoms with Crippen LogP contribution in [0.5, 0.6) is 0 Å². The zero-order valence-electron chi connectivity index (χ0n) is 43.4. The van der Waals surface area contributed by atoms with Crippen molar-refractivity contribution < 1.29 is 0 Å². The molecule has 0 N–H and O–H groups in total. The van der Waals surface area contributed by atoms with Gasteiger partial charge in [0.05, 0.1) is 0 Å². The smallest absolute Gasteiger partial charge is 0.0468 e. The number of nitrogens with zero attached hydrogens (tertiary/aromatic N) is 2. The Morgan fingerprint density at radius 2 is 0.514 bits per heavy atom. The Bertz CT molecular complexity index is 3120. The number of benzene rings is 9. The number of rotatable bonds is 10. The quantitative estimate of drug-likeness (QED) is 0.135. The van der Waals surface area contributed by atoms with Crippen LogP contribution >= 0.6 is 0 Å². The number of hydrogen-bond donors (Lipinski definition) is 0. The molecule has 2 heteroatoms. The van der Waals surface area contributed by atoms with Gasteiger partial charge in [-0.2, -0.15) is 0 Å². The highest BCUT2D eigenvalue weighted by Gasteiger charge is 2.42. The number of fused-ring (bicyclic) bond motifs is 8. The summed E-state index contributed by atoms with van der Waals surface area (Å²) in [4.78, 5) is 4.84. The van der Waals surface area contributed by atoms with Gasteiger partial charge in [0.1, 0.15) is 0 Å². The van der Waals surface area contributed by atoms with Crippen molar-refractivity contribution in [3.63, 3.8) is 0 Å². The maximum atomic E-state index is 2.57. The lowest BCUT2D eigenvalue weighted by atomic mass is 9.77. The predicted octanol–water partition coefficient (Wildman–Crippen LogP) is 20.0. The monoisotopic (exact) mass is 913 g/mol. The molecule has 0 fully saturated rings. The van der Waals surface area contributed by atoms with E-state index in [1.54, 1.807) is 0 Å². The van der Waals surface area contributed by atoms with Crippen LogP contribution in [0.15, 0.2) is 170 Å². The molecule has 350 valence electrons.